The molecule has 0 heterocycles. The van der Waals surface area contributed by atoms with Gasteiger partial charge in [0, 0.05) is 6.54 Å². The molecule has 0 aliphatic heterocycles. The van der Waals surface area contributed by atoms with Gasteiger partial charge in [0.15, 0.2) is 11.6 Å². The molecule has 1 rings (SSSR count). The van der Waals surface area contributed by atoms with Gasteiger partial charge in [0.1, 0.15) is 6.61 Å². The van der Waals surface area contributed by atoms with Crippen LogP contribution in [0.25, 0.3) is 0 Å². The van der Waals surface area contributed by atoms with Crippen LogP contribution in [0.15, 0.2) is 18.2 Å². The quantitative estimate of drug-likeness (QED) is 0.732. The Morgan fingerprint density at radius 1 is 1.36 bits per heavy atom. The van der Waals surface area contributed by atoms with E-state index in [0.29, 0.717) is 17.9 Å². The zero-order valence-electron chi connectivity index (χ0n) is 8.88. The number of aryl methyl sites for hydroxylation is 1. The maximum absolute atomic E-state index is 13.4. The largest absolute Gasteiger partial charge is 0.489 e. The third kappa shape index (κ3) is 3.00. The van der Waals surface area contributed by atoms with Crippen LogP contribution in [0.2, 0.25) is 0 Å². The molecule has 2 nitrogen and oxygen atoms in total. The van der Waals surface area contributed by atoms with Gasteiger partial charge < -0.3 is 9.64 Å². The van der Waals surface area contributed by atoms with E-state index in [1.165, 1.54) is 0 Å². The Hall–Kier alpha value is -1.09. The Bertz CT molecular complexity index is 299. The van der Waals surface area contributed by atoms with E-state index in [9.17, 15) is 4.39 Å². The second-order valence-corrected chi connectivity index (χ2v) is 3.54. The average Bonchev–Trinajstić information content (AvgIpc) is 2.12. The van der Waals surface area contributed by atoms with Crippen molar-refractivity contribution in [2.45, 2.75) is 6.92 Å². The first-order chi connectivity index (χ1) is 6.61. The highest BCUT2D eigenvalue weighted by molar-refractivity contribution is 5.29. The molecule has 0 aliphatic rings. The molecule has 0 amide bonds. The molecule has 0 aromatic heterocycles. The van der Waals surface area contributed by atoms with Crippen molar-refractivity contribution in [1.82, 2.24) is 4.90 Å². The molecule has 0 radical (unpaired) electrons. The van der Waals surface area contributed by atoms with Gasteiger partial charge in [-0.3, -0.25) is 0 Å². The first-order valence-corrected chi connectivity index (χ1v) is 4.64. The lowest BCUT2D eigenvalue weighted by Crippen LogP contribution is -2.19. The van der Waals surface area contributed by atoms with Gasteiger partial charge in [0.05, 0.1) is 0 Å². The first kappa shape index (κ1) is 11.0. The lowest BCUT2D eigenvalue weighted by atomic mass is 10.2. The number of rotatable bonds is 4. The SMILES string of the molecule is Cc1cccc(OCCN(C)C)c1F. The van der Waals surface area contributed by atoms with Crippen molar-refractivity contribution in [3.05, 3.63) is 29.6 Å². The minimum absolute atomic E-state index is 0.258. The van der Waals surface area contributed by atoms with Crippen LogP contribution in [-0.4, -0.2) is 32.1 Å². The average molecular weight is 197 g/mol. The molecule has 0 fully saturated rings. The normalized spacial score (nSPS) is 10.6. The lowest BCUT2D eigenvalue weighted by Gasteiger charge is -2.11. The van der Waals surface area contributed by atoms with Crippen molar-refractivity contribution in [3.63, 3.8) is 0 Å². The number of nitrogens with zero attached hydrogens (tertiary/aromatic N) is 1. The van der Waals surface area contributed by atoms with Crippen LogP contribution in [-0.2, 0) is 0 Å². The van der Waals surface area contributed by atoms with Crippen LogP contribution in [0.4, 0.5) is 4.39 Å². The maximum atomic E-state index is 13.4. The summed E-state index contributed by atoms with van der Waals surface area (Å²) in [6, 6.07) is 5.18. The molecule has 0 unspecified atom stereocenters. The molecular weight excluding hydrogens is 181 g/mol. The van der Waals surface area contributed by atoms with Crippen LogP contribution in [0.5, 0.6) is 5.75 Å². The van der Waals surface area contributed by atoms with E-state index in [-0.39, 0.29) is 5.82 Å². The summed E-state index contributed by atoms with van der Waals surface area (Å²) in [5.41, 5.74) is 0.618. The Kier molecular flexibility index (Phi) is 3.89. The molecule has 0 N–H and O–H groups in total. The molecule has 78 valence electrons. The number of benzene rings is 1. The predicted octanol–water partition coefficient (Wildman–Crippen LogP) is 2.07. The molecular formula is C11H16FNO. The van der Waals surface area contributed by atoms with E-state index in [4.69, 9.17) is 4.74 Å². The van der Waals surface area contributed by atoms with Gasteiger partial charge in [-0.2, -0.15) is 0 Å². The van der Waals surface area contributed by atoms with Crippen LogP contribution in [0.1, 0.15) is 5.56 Å². The number of likely N-dealkylation sites (N-methyl/N-ethyl adjacent to an activating group) is 1. The summed E-state index contributed by atoms with van der Waals surface area (Å²) in [4.78, 5) is 1.99. The van der Waals surface area contributed by atoms with E-state index in [1.807, 2.05) is 19.0 Å². The zero-order chi connectivity index (χ0) is 10.6. The molecule has 1 aromatic carbocycles. The predicted molar refractivity (Wildman–Crippen MR) is 55.2 cm³/mol. The third-order valence-electron chi connectivity index (χ3n) is 1.95. The van der Waals surface area contributed by atoms with Crippen molar-refractivity contribution < 1.29 is 9.13 Å². The Labute approximate surface area is 84.3 Å². The van der Waals surface area contributed by atoms with Crippen molar-refractivity contribution in [2.75, 3.05) is 27.2 Å². The van der Waals surface area contributed by atoms with Crippen LogP contribution >= 0.6 is 0 Å². The highest BCUT2D eigenvalue weighted by atomic mass is 19.1. The molecule has 0 bridgehead atoms. The molecule has 0 atom stereocenters. The van der Waals surface area contributed by atoms with Crippen LogP contribution < -0.4 is 4.74 Å². The Balaban J connectivity index is 2.54. The molecule has 0 saturated heterocycles. The van der Waals surface area contributed by atoms with E-state index in [0.717, 1.165) is 6.54 Å². The van der Waals surface area contributed by atoms with E-state index >= 15 is 0 Å². The molecule has 3 heteroatoms. The highest BCUT2D eigenvalue weighted by Gasteiger charge is 2.04. The van der Waals surface area contributed by atoms with Gasteiger partial charge in [-0.1, -0.05) is 12.1 Å². The molecule has 14 heavy (non-hydrogen) atoms. The van der Waals surface area contributed by atoms with E-state index in [1.54, 1.807) is 25.1 Å². The van der Waals surface area contributed by atoms with Crippen LogP contribution in [0.3, 0.4) is 0 Å². The summed E-state index contributed by atoms with van der Waals surface area (Å²) in [6.07, 6.45) is 0. The summed E-state index contributed by atoms with van der Waals surface area (Å²) in [5.74, 6) is 0.0816. The van der Waals surface area contributed by atoms with Gasteiger partial charge in [0.25, 0.3) is 0 Å². The topological polar surface area (TPSA) is 12.5 Å². The smallest absolute Gasteiger partial charge is 0.167 e. The standard InChI is InChI=1S/C11H16FNO/c1-9-5-4-6-10(11(9)12)14-8-7-13(2)3/h4-6H,7-8H2,1-3H3. The van der Waals surface area contributed by atoms with Gasteiger partial charge in [-0.25, -0.2) is 4.39 Å². The summed E-state index contributed by atoms with van der Waals surface area (Å²) < 4.78 is 18.7. The monoisotopic (exact) mass is 197 g/mol. The number of halogens is 1. The summed E-state index contributed by atoms with van der Waals surface area (Å²) in [5, 5.41) is 0. The number of ether oxygens (including phenoxy) is 1. The Morgan fingerprint density at radius 2 is 2.07 bits per heavy atom. The second-order valence-electron chi connectivity index (χ2n) is 3.54. The summed E-state index contributed by atoms with van der Waals surface area (Å²) >= 11 is 0. The molecule has 0 spiro atoms. The van der Waals surface area contributed by atoms with Gasteiger partial charge >= 0.3 is 0 Å². The van der Waals surface area contributed by atoms with Crippen LogP contribution in [0, 0.1) is 12.7 Å². The zero-order valence-corrected chi connectivity index (χ0v) is 8.88. The first-order valence-electron chi connectivity index (χ1n) is 4.64. The minimum Gasteiger partial charge on any atom is -0.489 e. The second kappa shape index (κ2) is 4.96. The fourth-order valence-corrected chi connectivity index (χ4v) is 1.07. The van der Waals surface area contributed by atoms with Gasteiger partial charge in [-0.15, -0.1) is 0 Å². The number of hydrogen-bond acceptors (Lipinski definition) is 2. The third-order valence-corrected chi connectivity index (χ3v) is 1.95. The maximum Gasteiger partial charge on any atom is 0.167 e. The molecule has 0 saturated carbocycles. The fourth-order valence-electron chi connectivity index (χ4n) is 1.07. The van der Waals surface area contributed by atoms with Crippen molar-refractivity contribution in [1.29, 1.82) is 0 Å². The molecule has 1 aromatic rings. The van der Waals surface area contributed by atoms with Gasteiger partial charge in [0.2, 0.25) is 0 Å². The fraction of sp³-hybridized carbons (Fsp3) is 0.455. The van der Waals surface area contributed by atoms with Crippen molar-refractivity contribution >= 4 is 0 Å². The summed E-state index contributed by atoms with van der Waals surface area (Å²) in [7, 11) is 3.91. The minimum atomic E-state index is -0.258. The lowest BCUT2D eigenvalue weighted by molar-refractivity contribution is 0.252. The highest BCUT2D eigenvalue weighted by Crippen LogP contribution is 2.19. The van der Waals surface area contributed by atoms with E-state index in [2.05, 4.69) is 0 Å². The van der Waals surface area contributed by atoms with Gasteiger partial charge in [-0.05, 0) is 32.6 Å². The molecule has 0 aliphatic carbocycles. The van der Waals surface area contributed by atoms with Crippen molar-refractivity contribution in [3.8, 4) is 5.75 Å². The number of hydrogen-bond donors (Lipinski definition) is 0. The summed E-state index contributed by atoms with van der Waals surface area (Å²) in [6.45, 7) is 3.02. The Morgan fingerprint density at radius 3 is 2.71 bits per heavy atom. The van der Waals surface area contributed by atoms with E-state index < -0.39 is 0 Å². The van der Waals surface area contributed by atoms with Crippen molar-refractivity contribution in [2.24, 2.45) is 0 Å².